The van der Waals surface area contributed by atoms with Gasteiger partial charge in [-0.25, -0.2) is 0 Å². The molecule has 1 aliphatic rings. The molecular weight excluding hydrogens is 603 g/mol. The maximum Gasteiger partial charge on any atom is 0.0546 e. The van der Waals surface area contributed by atoms with Crippen LogP contribution in [0.1, 0.15) is 25.0 Å². The van der Waals surface area contributed by atoms with Crippen LogP contribution in [0.25, 0.3) is 65.3 Å². The van der Waals surface area contributed by atoms with E-state index in [9.17, 15) is 0 Å². The summed E-state index contributed by atoms with van der Waals surface area (Å²) in [4.78, 5) is 2.51. The third kappa shape index (κ3) is 4.27. The van der Waals surface area contributed by atoms with Gasteiger partial charge in [0.1, 0.15) is 0 Å². The smallest absolute Gasteiger partial charge is 0.0546 e. The fourth-order valence-corrected chi connectivity index (χ4v) is 8.55. The zero-order valence-corrected chi connectivity index (χ0v) is 28.2. The van der Waals surface area contributed by atoms with Crippen LogP contribution in [0.5, 0.6) is 0 Å². The summed E-state index contributed by atoms with van der Waals surface area (Å²) in [6, 6.07) is 65.0. The Kier molecular flexibility index (Phi) is 6.29. The second-order valence-electron chi connectivity index (χ2n) is 14.1. The standard InChI is InChI=1S/C49H35N/c1-49(2)43-19-10-9-18-42(43)48-44(49)20-11-21-45(48)50(38-28-26-33(27-29-38)36-24-22-32-12-3-4-14-35(32)30-36)46-31-37-25-23-34-13-5-6-15-39(34)47(37)41-17-8-7-16-40(41)46/h3-31H,1-2H3. The molecule has 0 unspecified atom stereocenters. The molecule has 0 heterocycles. The van der Waals surface area contributed by atoms with E-state index >= 15 is 0 Å². The average molecular weight is 638 g/mol. The lowest BCUT2D eigenvalue weighted by atomic mass is 9.82. The van der Waals surface area contributed by atoms with Crippen molar-refractivity contribution in [1.29, 1.82) is 0 Å². The first-order valence-electron chi connectivity index (χ1n) is 17.5. The lowest BCUT2D eigenvalue weighted by molar-refractivity contribution is 0.660. The van der Waals surface area contributed by atoms with Crippen LogP contribution in [-0.4, -0.2) is 0 Å². The maximum absolute atomic E-state index is 2.51. The van der Waals surface area contributed by atoms with Crippen molar-refractivity contribution in [3.05, 3.63) is 187 Å². The van der Waals surface area contributed by atoms with Crippen LogP contribution in [0.15, 0.2) is 176 Å². The molecule has 50 heavy (non-hydrogen) atoms. The minimum absolute atomic E-state index is 0.0993. The molecule has 0 aromatic heterocycles. The molecule has 0 saturated heterocycles. The zero-order chi connectivity index (χ0) is 33.4. The molecule has 0 saturated carbocycles. The number of fused-ring (bicyclic) bond motifs is 9. The summed E-state index contributed by atoms with van der Waals surface area (Å²) in [6.07, 6.45) is 0. The van der Waals surface area contributed by atoms with Crippen molar-refractivity contribution in [1.82, 2.24) is 0 Å². The van der Waals surface area contributed by atoms with E-state index in [0.29, 0.717) is 0 Å². The van der Waals surface area contributed by atoms with Crippen molar-refractivity contribution in [2.24, 2.45) is 0 Å². The lowest BCUT2D eigenvalue weighted by Crippen LogP contribution is -2.16. The summed E-state index contributed by atoms with van der Waals surface area (Å²) < 4.78 is 0. The number of rotatable bonds is 4. The molecule has 0 atom stereocenters. The molecule has 0 radical (unpaired) electrons. The SMILES string of the molecule is CC1(C)c2ccccc2-c2c(N(c3ccc(-c4ccc5ccccc5c4)cc3)c3cc4ccc5ccccc5c4c4ccccc34)cccc21. The number of hydrogen-bond donors (Lipinski definition) is 0. The lowest BCUT2D eigenvalue weighted by Gasteiger charge is -2.30. The molecule has 9 aromatic carbocycles. The minimum atomic E-state index is -0.0993. The van der Waals surface area contributed by atoms with Gasteiger partial charge in [0, 0.05) is 22.1 Å². The predicted octanol–water partition coefficient (Wildman–Crippen LogP) is 13.7. The molecule has 10 rings (SSSR count). The Morgan fingerprint density at radius 1 is 0.400 bits per heavy atom. The minimum Gasteiger partial charge on any atom is -0.309 e. The quantitative estimate of drug-likeness (QED) is 0.174. The molecule has 9 aromatic rings. The molecule has 0 spiro atoms. The Balaban J connectivity index is 1.25. The Hall–Kier alpha value is -6.18. The molecule has 1 aliphatic carbocycles. The third-order valence-corrected chi connectivity index (χ3v) is 11.0. The topological polar surface area (TPSA) is 3.24 Å². The van der Waals surface area contributed by atoms with Crippen LogP contribution in [0.2, 0.25) is 0 Å². The maximum atomic E-state index is 2.51. The molecular formula is C49H35N. The Morgan fingerprint density at radius 2 is 1.02 bits per heavy atom. The van der Waals surface area contributed by atoms with Gasteiger partial charge < -0.3 is 4.90 Å². The number of hydrogen-bond acceptors (Lipinski definition) is 1. The molecule has 0 aliphatic heterocycles. The van der Waals surface area contributed by atoms with E-state index in [0.717, 1.165) is 5.69 Å². The van der Waals surface area contributed by atoms with Gasteiger partial charge in [-0.2, -0.15) is 0 Å². The van der Waals surface area contributed by atoms with Crippen molar-refractivity contribution in [2.75, 3.05) is 4.90 Å². The molecule has 0 amide bonds. The van der Waals surface area contributed by atoms with Gasteiger partial charge in [-0.15, -0.1) is 0 Å². The van der Waals surface area contributed by atoms with Crippen molar-refractivity contribution in [3.63, 3.8) is 0 Å². The third-order valence-electron chi connectivity index (χ3n) is 11.0. The van der Waals surface area contributed by atoms with Crippen LogP contribution in [-0.2, 0) is 5.41 Å². The van der Waals surface area contributed by atoms with E-state index in [1.165, 1.54) is 87.8 Å². The Labute approximate surface area is 292 Å². The molecule has 0 fully saturated rings. The van der Waals surface area contributed by atoms with Gasteiger partial charge in [0.25, 0.3) is 0 Å². The van der Waals surface area contributed by atoms with Gasteiger partial charge in [-0.1, -0.05) is 159 Å². The fourth-order valence-electron chi connectivity index (χ4n) is 8.55. The second kappa shape index (κ2) is 10.9. The normalized spacial score (nSPS) is 13.2. The van der Waals surface area contributed by atoms with Crippen LogP contribution >= 0.6 is 0 Å². The van der Waals surface area contributed by atoms with Gasteiger partial charge in [-0.3, -0.25) is 0 Å². The van der Waals surface area contributed by atoms with E-state index in [1.807, 2.05) is 0 Å². The molecule has 236 valence electrons. The fraction of sp³-hybridized carbons (Fsp3) is 0.0612. The summed E-state index contributed by atoms with van der Waals surface area (Å²) >= 11 is 0. The first-order chi connectivity index (χ1) is 24.6. The highest BCUT2D eigenvalue weighted by Gasteiger charge is 2.37. The summed E-state index contributed by atoms with van der Waals surface area (Å²) in [5, 5.41) is 10.1. The van der Waals surface area contributed by atoms with Crippen molar-refractivity contribution in [3.8, 4) is 22.3 Å². The van der Waals surface area contributed by atoms with Crippen LogP contribution < -0.4 is 4.90 Å². The van der Waals surface area contributed by atoms with E-state index in [1.54, 1.807) is 0 Å². The van der Waals surface area contributed by atoms with E-state index in [2.05, 4.69) is 195 Å². The number of nitrogens with zero attached hydrogens (tertiary/aromatic N) is 1. The largest absolute Gasteiger partial charge is 0.309 e. The second-order valence-corrected chi connectivity index (χ2v) is 14.1. The molecule has 1 nitrogen and oxygen atoms in total. The van der Waals surface area contributed by atoms with Crippen molar-refractivity contribution < 1.29 is 0 Å². The van der Waals surface area contributed by atoms with Gasteiger partial charge in [-0.05, 0) is 95.9 Å². The van der Waals surface area contributed by atoms with Gasteiger partial charge in [0.2, 0.25) is 0 Å². The average Bonchev–Trinajstić information content (AvgIpc) is 3.41. The van der Waals surface area contributed by atoms with E-state index in [4.69, 9.17) is 0 Å². The number of benzene rings is 9. The monoisotopic (exact) mass is 637 g/mol. The molecule has 1 heteroatoms. The van der Waals surface area contributed by atoms with Crippen LogP contribution in [0.4, 0.5) is 17.1 Å². The van der Waals surface area contributed by atoms with Gasteiger partial charge >= 0.3 is 0 Å². The summed E-state index contributed by atoms with van der Waals surface area (Å²) in [7, 11) is 0. The van der Waals surface area contributed by atoms with Crippen LogP contribution in [0, 0.1) is 0 Å². The predicted molar refractivity (Wildman–Crippen MR) is 214 cm³/mol. The first kappa shape index (κ1) is 28.8. The van der Waals surface area contributed by atoms with Crippen LogP contribution in [0.3, 0.4) is 0 Å². The summed E-state index contributed by atoms with van der Waals surface area (Å²) in [6.45, 7) is 4.72. The van der Waals surface area contributed by atoms with Crippen molar-refractivity contribution >= 4 is 60.2 Å². The number of anilines is 3. The zero-order valence-electron chi connectivity index (χ0n) is 28.2. The van der Waals surface area contributed by atoms with E-state index in [-0.39, 0.29) is 5.41 Å². The Bertz CT molecular complexity index is 2790. The highest BCUT2D eigenvalue weighted by atomic mass is 15.1. The summed E-state index contributed by atoms with van der Waals surface area (Å²) in [5.41, 5.74) is 11.2. The highest BCUT2D eigenvalue weighted by Crippen LogP contribution is 2.55. The van der Waals surface area contributed by atoms with Crippen molar-refractivity contribution in [2.45, 2.75) is 19.3 Å². The Morgan fingerprint density at radius 3 is 1.86 bits per heavy atom. The van der Waals surface area contributed by atoms with E-state index < -0.39 is 0 Å². The van der Waals surface area contributed by atoms with Gasteiger partial charge in [0.05, 0.1) is 11.4 Å². The molecule has 0 bridgehead atoms. The summed E-state index contributed by atoms with van der Waals surface area (Å²) in [5.74, 6) is 0. The molecule has 0 N–H and O–H groups in total. The highest BCUT2D eigenvalue weighted by molar-refractivity contribution is 6.24. The first-order valence-corrected chi connectivity index (χ1v) is 17.5. The van der Waals surface area contributed by atoms with Gasteiger partial charge in [0.15, 0.2) is 0 Å².